The summed E-state index contributed by atoms with van der Waals surface area (Å²) in [5.74, 6) is 0.275. The lowest BCUT2D eigenvalue weighted by Crippen LogP contribution is -2.56. The summed E-state index contributed by atoms with van der Waals surface area (Å²) in [4.78, 5) is 11.4. The first kappa shape index (κ1) is 16.6. The van der Waals surface area contributed by atoms with Crippen molar-refractivity contribution in [3.63, 3.8) is 0 Å². The summed E-state index contributed by atoms with van der Waals surface area (Å²) in [6.07, 6.45) is 1.11. The molecule has 0 atom stereocenters. The molecule has 0 aliphatic heterocycles. The highest BCUT2D eigenvalue weighted by Crippen LogP contribution is 2.20. The van der Waals surface area contributed by atoms with Crippen molar-refractivity contribution < 1.29 is 4.79 Å². The first-order valence-electron chi connectivity index (χ1n) is 6.34. The van der Waals surface area contributed by atoms with Crippen LogP contribution in [-0.2, 0) is 4.79 Å². The molecular weight excluding hydrogens is 244 g/mol. The smallest absolute Gasteiger partial charge is 0.158 e. The predicted octanol–water partition coefficient (Wildman–Crippen LogP) is 3.70. The first-order valence-corrected chi connectivity index (χ1v) is 13.2. The molecule has 0 N–H and O–H groups in total. The fraction of sp³-hybridized carbons (Fsp3) is 0.833. The van der Waals surface area contributed by atoms with E-state index >= 15 is 0 Å². The Morgan fingerprint density at radius 2 is 1.47 bits per heavy atom. The van der Waals surface area contributed by atoms with Gasteiger partial charge in [-0.15, -0.1) is 0 Å². The van der Waals surface area contributed by atoms with Crippen LogP contribution < -0.4 is 0 Å². The van der Waals surface area contributed by atoms with Crippen LogP contribution in [0.4, 0.5) is 0 Å². The SMILES string of the molecule is CCC(=O)CC(C)=NN([Si](C)(C)C)[Si](C)(C)C. The van der Waals surface area contributed by atoms with Gasteiger partial charge in [0.25, 0.3) is 0 Å². The summed E-state index contributed by atoms with van der Waals surface area (Å²) in [6, 6.07) is 0. The van der Waals surface area contributed by atoms with E-state index in [1.807, 2.05) is 13.8 Å². The number of carbonyl (C=O) groups is 1. The third-order valence-electron chi connectivity index (χ3n) is 2.39. The average molecular weight is 273 g/mol. The van der Waals surface area contributed by atoms with Gasteiger partial charge in [-0.05, 0) is 6.92 Å². The maximum Gasteiger partial charge on any atom is 0.158 e. The van der Waals surface area contributed by atoms with Crippen LogP contribution >= 0.6 is 0 Å². The van der Waals surface area contributed by atoms with Crippen LogP contribution in [-0.4, -0.2) is 32.3 Å². The van der Waals surface area contributed by atoms with Crippen molar-refractivity contribution in [2.75, 3.05) is 0 Å². The van der Waals surface area contributed by atoms with Gasteiger partial charge in [-0.3, -0.25) is 4.79 Å². The minimum Gasteiger partial charge on any atom is -0.350 e. The summed E-state index contributed by atoms with van der Waals surface area (Å²) in [5.41, 5.74) is 0.960. The minimum atomic E-state index is -1.45. The molecule has 17 heavy (non-hydrogen) atoms. The quantitative estimate of drug-likeness (QED) is 0.419. The van der Waals surface area contributed by atoms with Gasteiger partial charge < -0.3 is 4.34 Å². The molecule has 0 saturated heterocycles. The van der Waals surface area contributed by atoms with Gasteiger partial charge in [-0.25, -0.2) is 5.10 Å². The Kier molecular flexibility index (Phi) is 5.80. The fourth-order valence-corrected chi connectivity index (χ4v) is 10.9. The van der Waals surface area contributed by atoms with Crippen molar-refractivity contribution in [2.24, 2.45) is 5.10 Å². The second-order valence-corrected chi connectivity index (χ2v) is 16.5. The zero-order valence-electron chi connectivity index (χ0n) is 12.7. The number of ketones is 1. The van der Waals surface area contributed by atoms with Crippen molar-refractivity contribution in [3.05, 3.63) is 0 Å². The Bertz CT molecular complexity index is 287. The van der Waals surface area contributed by atoms with E-state index in [1.54, 1.807) is 0 Å². The van der Waals surface area contributed by atoms with Gasteiger partial charge in [0, 0.05) is 18.6 Å². The maximum absolute atomic E-state index is 11.4. The Morgan fingerprint density at radius 3 is 1.76 bits per heavy atom. The molecule has 0 aliphatic carbocycles. The summed E-state index contributed by atoms with van der Waals surface area (Å²) >= 11 is 0. The van der Waals surface area contributed by atoms with Crippen molar-refractivity contribution >= 4 is 28.0 Å². The molecule has 3 nitrogen and oxygen atoms in total. The maximum atomic E-state index is 11.4. The van der Waals surface area contributed by atoms with Crippen molar-refractivity contribution in [2.45, 2.75) is 66.0 Å². The Balaban J connectivity index is 4.99. The highest BCUT2D eigenvalue weighted by molar-refractivity contribution is 6.89. The van der Waals surface area contributed by atoms with E-state index in [0.717, 1.165) is 5.71 Å². The largest absolute Gasteiger partial charge is 0.350 e. The summed E-state index contributed by atoms with van der Waals surface area (Å²) in [5, 5.41) is 4.76. The van der Waals surface area contributed by atoms with E-state index in [2.05, 4.69) is 43.6 Å². The van der Waals surface area contributed by atoms with Gasteiger partial charge in [-0.2, -0.15) is 0 Å². The van der Waals surface area contributed by atoms with E-state index in [-0.39, 0.29) is 5.78 Å². The molecule has 100 valence electrons. The minimum absolute atomic E-state index is 0.275. The highest BCUT2D eigenvalue weighted by atomic mass is 28.4. The molecule has 0 rings (SSSR count). The second-order valence-electron chi connectivity index (χ2n) is 6.56. The van der Waals surface area contributed by atoms with Crippen LogP contribution in [0.1, 0.15) is 26.7 Å². The van der Waals surface area contributed by atoms with Crippen molar-refractivity contribution in [1.82, 2.24) is 4.34 Å². The fourth-order valence-electron chi connectivity index (χ4n) is 1.92. The van der Waals surface area contributed by atoms with Crippen molar-refractivity contribution in [3.8, 4) is 0 Å². The number of rotatable bonds is 6. The normalized spacial score (nSPS) is 13.8. The summed E-state index contributed by atoms with van der Waals surface area (Å²) in [7, 11) is -2.90. The second kappa shape index (κ2) is 5.95. The zero-order valence-corrected chi connectivity index (χ0v) is 14.7. The number of Topliss-reactive ketones (excluding diaryl/α,β-unsaturated/α-hetero) is 1. The molecule has 0 aromatic heterocycles. The van der Waals surface area contributed by atoms with Gasteiger partial charge in [0.1, 0.15) is 5.78 Å². The van der Waals surface area contributed by atoms with Crippen LogP contribution in [0.15, 0.2) is 5.10 Å². The standard InChI is InChI=1S/C12H28N2OSi2/c1-9-12(15)10-11(2)13-14(16(3,4)5)17(6,7)8/h9-10H2,1-8H3. The number of hydrazone groups is 1. The molecule has 0 saturated carbocycles. The highest BCUT2D eigenvalue weighted by Gasteiger charge is 2.33. The van der Waals surface area contributed by atoms with Gasteiger partial charge in [0.15, 0.2) is 16.5 Å². The molecule has 0 fully saturated rings. The lowest BCUT2D eigenvalue weighted by atomic mass is 10.2. The predicted molar refractivity (Wildman–Crippen MR) is 81.6 cm³/mol. The molecule has 0 aliphatic rings. The van der Waals surface area contributed by atoms with Crippen LogP contribution in [0.25, 0.3) is 0 Å². The zero-order chi connectivity index (χ0) is 13.9. The van der Waals surface area contributed by atoms with Gasteiger partial charge in [-0.1, -0.05) is 46.2 Å². The van der Waals surface area contributed by atoms with E-state index in [0.29, 0.717) is 12.8 Å². The Morgan fingerprint density at radius 1 is 1.06 bits per heavy atom. The van der Waals surface area contributed by atoms with E-state index in [9.17, 15) is 4.79 Å². The molecule has 5 heteroatoms. The van der Waals surface area contributed by atoms with Gasteiger partial charge in [0.2, 0.25) is 0 Å². The number of hydrogen-bond acceptors (Lipinski definition) is 3. The average Bonchev–Trinajstić information content (AvgIpc) is 2.10. The lowest BCUT2D eigenvalue weighted by molar-refractivity contribution is -0.117. The molecule has 0 aromatic carbocycles. The number of hydrogen-bond donors (Lipinski definition) is 0. The molecule has 0 bridgehead atoms. The molecule has 0 unspecified atom stereocenters. The summed E-state index contributed by atoms with van der Waals surface area (Å²) < 4.78 is 2.36. The molecule has 0 amide bonds. The number of carbonyl (C=O) groups excluding carboxylic acids is 1. The van der Waals surface area contributed by atoms with Crippen LogP contribution in [0.3, 0.4) is 0 Å². The molecule has 0 radical (unpaired) electrons. The topological polar surface area (TPSA) is 32.7 Å². The van der Waals surface area contributed by atoms with Crippen molar-refractivity contribution in [1.29, 1.82) is 0 Å². The molecule has 0 spiro atoms. The lowest BCUT2D eigenvalue weighted by Gasteiger charge is -2.41. The van der Waals surface area contributed by atoms with Crippen LogP contribution in [0.5, 0.6) is 0 Å². The third kappa shape index (κ3) is 6.17. The van der Waals surface area contributed by atoms with Gasteiger partial charge >= 0.3 is 0 Å². The summed E-state index contributed by atoms with van der Waals surface area (Å²) in [6.45, 7) is 17.7. The molecule has 0 heterocycles. The van der Waals surface area contributed by atoms with Gasteiger partial charge in [0.05, 0.1) is 0 Å². The molecular formula is C12H28N2OSi2. The van der Waals surface area contributed by atoms with E-state index in [1.165, 1.54) is 0 Å². The van der Waals surface area contributed by atoms with E-state index in [4.69, 9.17) is 5.10 Å². The molecule has 0 aromatic rings. The monoisotopic (exact) mass is 272 g/mol. The van der Waals surface area contributed by atoms with Crippen LogP contribution in [0.2, 0.25) is 39.3 Å². The first-order chi connectivity index (χ1) is 7.48. The third-order valence-corrected chi connectivity index (χ3v) is 9.16. The Labute approximate surface area is 108 Å². The van der Waals surface area contributed by atoms with Crippen LogP contribution in [0, 0.1) is 0 Å². The van der Waals surface area contributed by atoms with E-state index < -0.39 is 16.5 Å². The number of nitrogens with zero attached hydrogens (tertiary/aromatic N) is 2. The Hall–Kier alpha value is -0.426.